The molecule has 1 rings (SSSR count). The van der Waals surface area contributed by atoms with E-state index in [1.807, 2.05) is 0 Å². The van der Waals surface area contributed by atoms with E-state index in [0.717, 1.165) is 13.1 Å². The van der Waals surface area contributed by atoms with Crippen LogP contribution < -0.4 is 11.1 Å². The summed E-state index contributed by atoms with van der Waals surface area (Å²) in [5, 5.41) is 4.30. The van der Waals surface area contributed by atoms with Gasteiger partial charge in [-0.05, 0) is 31.6 Å². The zero-order valence-corrected chi connectivity index (χ0v) is 9.62. The molecule has 1 aliphatic rings. The second kappa shape index (κ2) is 5.23. The first-order valence-corrected chi connectivity index (χ1v) is 6.37. The molecule has 3 heteroatoms. The number of nitrogens with one attached hydrogen (secondary N) is 1. The lowest BCUT2D eigenvalue weighted by molar-refractivity contribution is 0.299. The monoisotopic (exact) mass is 202 g/mol. The van der Waals surface area contributed by atoms with Gasteiger partial charge in [-0.25, -0.2) is 0 Å². The lowest BCUT2D eigenvalue weighted by atomic mass is 9.89. The first-order chi connectivity index (χ1) is 6.25. The molecule has 2 unspecified atom stereocenters. The van der Waals surface area contributed by atoms with Gasteiger partial charge in [0, 0.05) is 17.3 Å². The van der Waals surface area contributed by atoms with Gasteiger partial charge in [-0.1, -0.05) is 13.8 Å². The Bertz CT molecular complexity index is 152. The Morgan fingerprint density at radius 1 is 1.62 bits per heavy atom. The van der Waals surface area contributed by atoms with Gasteiger partial charge >= 0.3 is 0 Å². The average Bonchev–Trinajstić information content (AvgIpc) is 2.17. The van der Waals surface area contributed by atoms with Crippen LogP contribution in [0.5, 0.6) is 0 Å². The molecule has 0 radical (unpaired) electrons. The molecule has 0 aromatic carbocycles. The second-order valence-corrected chi connectivity index (χ2v) is 5.35. The van der Waals surface area contributed by atoms with E-state index in [1.54, 1.807) is 0 Å². The van der Waals surface area contributed by atoms with Crippen molar-refractivity contribution in [3.8, 4) is 0 Å². The zero-order chi connectivity index (χ0) is 9.73. The number of hydrogen-bond acceptors (Lipinski definition) is 3. The Labute approximate surface area is 86.0 Å². The van der Waals surface area contributed by atoms with Crippen molar-refractivity contribution in [2.75, 3.05) is 18.8 Å². The number of rotatable bonds is 4. The van der Waals surface area contributed by atoms with Crippen molar-refractivity contribution < 1.29 is 0 Å². The third kappa shape index (κ3) is 2.61. The van der Waals surface area contributed by atoms with Crippen LogP contribution in [-0.4, -0.2) is 29.6 Å². The Hall–Kier alpha value is 0.270. The van der Waals surface area contributed by atoms with Crippen LogP contribution >= 0.6 is 11.8 Å². The normalized spacial score (nSPS) is 34.8. The van der Waals surface area contributed by atoms with Gasteiger partial charge in [-0.15, -0.1) is 0 Å². The van der Waals surface area contributed by atoms with E-state index in [-0.39, 0.29) is 5.54 Å². The molecule has 0 aliphatic carbocycles. The second-order valence-electron chi connectivity index (χ2n) is 3.90. The Kier molecular flexibility index (Phi) is 4.56. The molecule has 1 saturated heterocycles. The fraction of sp³-hybridized carbons (Fsp3) is 1.00. The van der Waals surface area contributed by atoms with E-state index in [1.165, 1.54) is 25.0 Å². The number of nitrogens with two attached hydrogens (primary N) is 1. The van der Waals surface area contributed by atoms with E-state index in [0.29, 0.717) is 5.25 Å². The van der Waals surface area contributed by atoms with Crippen LogP contribution in [-0.2, 0) is 0 Å². The minimum atomic E-state index is 0.221. The highest BCUT2D eigenvalue weighted by Crippen LogP contribution is 2.33. The minimum absolute atomic E-state index is 0.221. The maximum absolute atomic E-state index is 5.89. The predicted octanol–water partition coefficient (Wildman–Crippen LogP) is 1.60. The summed E-state index contributed by atoms with van der Waals surface area (Å²) >= 11 is 2.06. The summed E-state index contributed by atoms with van der Waals surface area (Å²) in [6, 6.07) is 0. The number of hydrogen-bond donors (Lipinski definition) is 2. The summed E-state index contributed by atoms with van der Waals surface area (Å²) in [5.74, 6) is 1.30. The molecule has 0 aromatic heterocycles. The standard InChI is InChI=1S/C10H22N2S/c1-3-6-12-10(8-11)5-4-7-13-9(10)2/h9,12H,3-8,11H2,1-2H3. The molecule has 13 heavy (non-hydrogen) atoms. The predicted molar refractivity (Wildman–Crippen MR) is 61.2 cm³/mol. The molecule has 0 amide bonds. The van der Waals surface area contributed by atoms with Gasteiger partial charge in [-0.3, -0.25) is 0 Å². The summed E-state index contributed by atoms with van der Waals surface area (Å²) in [6.45, 7) is 6.39. The van der Waals surface area contributed by atoms with Gasteiger partial charge < -0.3 is 11.1 Å². The van der Waals surface area contributed by atoms with Crippen LogP contribution in [0.15, 0.2) is 0 Å². The highest BCUT2D eigenvalue weighted by Gasteiger charge is 2.36. The van der Waals surface area contributed by atoms with Crippen LogP contribution in [0.1, 0.15) is 33.1 Å². The van der Waals surface area contributed by atoms with Gasteiger partial charge in [0.05, 0.1) is 0 Å². The van der Waals surface area contributed by atoms with Crippen LogP contribution in [0.4, 0.5) is 0 Å². The van der Waals surface area contributed by atoms with E-state index < -0.39 is 0 Å². The van der Waals surface area contributed by atoms with Gasteiger partial charge in [-0.2, -0.15) is 11.8 Å². The third-order valence-corrected chi connectivity index (χ3v) is 4.48. The lowest BCUT2D eigenvalue weighted by Gasteiger charge is -2.42. The first-order valence-electron chi connectivity index (χ1n) is 5.32. The van der Waals surface area contributed by atoms with Gasteiger partial charge in [0.2, 0.25) is 0 Å². The van der Waals surface area contributed by atoms with Crippen molar-refractivity contribution in [1.29, 1.82) is 0 Å². The van der Waals surface area contributed by atoms with Crippen molar-refractivity contribution >= 4 is 11.8 Å². The summed E-state index contributed by atoms with van der Waals surface area (Å²) < 4.78 is 0. The molecule has 1 aliphatic heterocycles. The van der Waals surface area contributed by atoms with Crippen LogP contribution in [0, 0.1) is 0 Å². The van der Waals surface area contributed by atoms with Gasteiger partial charge in [0.25, 0.3) is 0 Å². The maximum Gasteiger partial charge on any atom is 0.0421 e. The van der Waals surface area contributed by atoms with Crippen molar-refractivity contribution in [2.45, 2.75) is 43.9 Å². The average molecular weight is 202 g/mol. The fourth-order valence-electron chi connectivity index (χ4n) is 1.96. The van der Waals surface area contributed by atoms with Crippen molar-refractivity contribution in [2.24, 2.45) is 5.73 Å². The van der Waals surface area contributed by atoms with Crippen LogP contribution in [0.3, 0.4) is 0 Å². The first kappa shape index (κ1) is 11.3. The smallest absolute Gasteiger partial charge is 0.0421 e. The van der Waals surface area contributed by atoms with Crippen LogP contribution in [0.2, 0.25) is 0 Å². The molecule has 0 saturated carbocycles. The molecule has 0 spiro atoms. The van der Waals surface area contributed by atoms with E-state index in [9.17, 15) is 0 Å². The zero-order valence-electron chi connectivity index (χ0n) is 8.81. The molecule has 78 valence electrons. The van der Waals surface area contributed by atoms with Crippen LogP contribution in [0.25, 0.3) is 0 Å². The largest absolute Gasteiger partial charge is 0.329 e. The fourth-order valence-corrected chi connectivity index (χ4v) is 3.24. The molecule has 2 nitrogen and oxygen atoms in total. The summed E-state index contributed by atoms with van der Waals surface area (Å²) in [6.07, 6.45) is 3.75. The van der Waals surface area contributed by atoms with Crippen molar-refractivity contribution in [3.63, 3.8) is 0 Å². The highest BCUT2D eigenvalue weighted by atomic mass is 32.2. The Balaban J connectivity index is 2.53. The molecule has 1 heterocycles. The highest BCUT2D eigenvalue weighted by molar-refractivity contribution is 8.00. The Morgan fingerprint density at radius 2 is 2.38 bits per heavy atom. The molecular weight excluding hydrogens is 180 g/mol. The topological polar surface area (TPSA) is 38.0 Å². The SMILES string of the molecule is CCCNC1(CN)CCCSC1C. The molecule has 0 aromatic rings. The van der Waals surface area contributed by atoms with Crippen molar-refractivity contribution in [3.05, 3.63) is 0 Å². The Morgan fingerprint density at radius 3 is 2.92 bits per heavy atom. The summed E-state index contributed by atoms with van der Waals surface area (Å²) in [4.78, 5) is 0. The number of thioether (sulfide) groups is 1. The third-order valence-electron chi connectivity index (χ3n) is 3.00. The summed E-state index contributed by atoms with van der Waals surface area (Å²) in [7, 11) is 0. The molecule has 2 atom stereocenters. The van der Waals surface area contributed by atoms with E-state index in [4.69, 9.17) is 5.73 Å². The molecule has 0 bridgehead atoms. The maximum atomic E-state index is 5.89. The lowest BCUT2D eigenvalue weighted by Crippen LogP contribution is -2.59. The van der Waals surface area contributed by atoms with Gasteiger partial charge in [0.15, 0.2) is 0 Å². The quantitative estimate of drug-likeness (QED) is 0.727. The molecule has 1 fully saturated rings. The van der Waals surface area contributed by atoms with Crippen molar-refractivity contribution in [1.82, 2.24) is 5.32 Å². The molecular formula is C10H22N2S. The van der Waals surface area contributed by atoms with Gasteiger partial charge in [0.1, 0.15) is 0 Å². The molecule has 3 N–H and O–H groups in total. The van der Waals surface area contributed by atoms with E-state index >= 15 is 0 Å². The minimum Gasteiger partial charge on any atom is -0.329 e. The summed E-state index contributed by atoms with van der Waals surface area (Å²) in [5.41, 5.74) is 6.11. The van der Waals surface area contributed by atoms with E-state index in [2.05, 4.69) is 30.9 Å².